The number of benzene rings is 1. The molecule has 1 fully saturated rings. The van der Waals surface area contributed by atoms with Crippen molar-refractivity contribution < 1.29 is 28.6 Å². The fourth-order valence-electron chi connectivity index (χ4n) is 4.01. The van der Waals surface area contributed by atoms with Crippen molar-refractivity contribution in [2.45, 2.75) is 52.6 Å². The Kier molecular flexibility index (Phi) is 7.10. The molecule has 3 rings (SSSR count). The van der Waals surface area contributed by atoms with E-state index < -0.39 is 35.5 Å². The van der Waals surface area contributed by atoms with Crippen LogP contribution in [-0.4, -0.2) is 29.1 Å². The van der Waals surface area contributed by atoms with Crippen molar-refractivity contribution in [2.75, 3.05) is 5.32 Å². The molecule has 1 amide bonds. The molecule has 2 N–H and O–H groups in total. The summed E-state index contributed by atoms with van der Waals surface area (Å²) < 4.78 is 18.8. The van der Waals surface area contributed by atoms with Gasteiger partial charge in [0.2, 0.25) is 5.91 Å². The second-order valence-electron chi connectivity index (χ2n) is 8.02. The van der Waals surface area contributed by atoms with Crippen molar-refractivity contribution in [3.05, 3.63) is 40.5 Å². The van der Waals surface area contributed by atoms with Gasteiger partial charge in [0.25, 0.3) is 0 Å². The summed E-state index contributed by atoms with van der Waals surface area (Å²) >= 11 is 1.22. The fraction of sp³-hybridized carbons (Fsp3) is 0.435. The Balaban J connectivity index is 2.00. The molecule has 1 aromatic heterocycles. The smallest absolute Gasteiger partial charge is 0.342 e. The van der Waals surface area contributed by atoms with Crippen molar-refractivity contribution in [1.29, 1.82) is 0 Å². The zero-order chi connectivity index (χ0) is 22.7. The maximum absolute atomic E-state index is 13.4. The summed E-state index contributed by atoms with van der Waals surface area (Å²) in [6, 6.07) is 5.76. The van der Waals surface area contributed by atoms with Crippen molar-refractivity contribution in [3.8, 4) is 11.1 Å². The SMILES string of the molecule is Cc1sc(NC(=O)[C@@H]2CCCC[C@@H]2C(=O)O)c(C(=O)OC(C)C)c1-c1ccc(F)cc1. The first-order chi connectivity index (χ1) is 14.7. The number of carboxylic acid groups (broad SMARTS) is 1. The number of anilines is 1. The highest BCUT2D eigenvalue weighted by molar-refractivity contribution is 7.17. The van der Waals surface area contributed by atoms with Crippen LogP contribution >= 0.6 is 11.3 Å². The van der Waals surface area contributed by atoms with Crippen LogP contribution in [-0.2, 0) is 14.3 Å². The van der Waals surface area contributed by atoms with Gasteiger partial charge >= 0.3 is 11.9 Å². The molecule has 31 heavy (non-hydrogen) atoms. The first-order valence-corrected chi connectivity index (χ1v) is 11.1. The molecular formula is C23H26FNO5S. The molecule has 0 spiro atoms. The van der Waals surface area contributed by atoms with E-state index in [1.807, 2.05) is 6.92 Å². The van der Waals surface area contributed by atoms with Crippen LogP contribution in [0.3, 0.4) is 0 Å². The third-order valence-corrected chi connectivity index (χ3v) is 6.44. The van der Waals surface area contributed by atoms with Gasteiger partial charge in [0.05, 0.1) is 17.9 Å². The number of aliphatic carboxylic acids is 1. The molecule has 166 valence electrons. The molecule has 0 bridgehead atoms. The number of aryl methyl sites for hydroxylation is 1. The molecule has 0 saturated heterocycles. The minimum absolute atomic E-state index is 0.207. The van der Waals surface area contributed by atoms with E-state index in [2.05, 4.69) is 5.32 Å². The number of carbonyl (C=O) groups excluding carboxylic acids is 2. The zero-order valence-corrected chi connectivity index (χ0v) is 18.6. The highest BCUT2D eigenvalue weighted by Crippen LogP contribution is 2.41. The molecule has 2 aromatic rings. The van der Waals surface area contributed by atoms with E-state index in [0.29, 0.717) is 29.0 Å². The van der Waals surface area contributed by atoms with Crippen LogP contribution in [0, 0.1) is 24.6 Å². The summed E-state index contributed by atoms with van der Waals surface area (Å²) in [7, 11) is 0. The van der Waals surface area contributed by atoms with E-state index in [1.165, 1.54) is 23.5 Å². The Bertz CT molecular complexity index is 983. The van der Waals surface area contributed by atoms with Gasteiger partial charge in [0.15, 0.2) is 0 Å². The summed E-state index contributed by atoms with van der Waals surface area (Å²) in [5.41, 5.74) is 1.41. The molecule has 1 heterocycles. The van der Waals surface area contributed by atoms with Crippen molar-refractivity contribution in [1.82, 2.24) is 0 Å². The average Bonchev–Trinajstić information content (AvgIpc) is 3.03. The number of thiophene rings is 1. The number of rotatable bonds is 6. The first kappa shape index (κ1) is 22.9. The van der Waals surface area contributed by atoms with Crippen molar-refractivity contribution in [2.24, 2.45) is 11.8 Å². The zero-order valence-electron chi connectivity index (χ0n) is 17.7. The van der Waals surface area contributed by atoms with Gasteiger partial charge in [-0.1, -0.05) is 25.0 Å². The van der Waals surface area contributed by atoms with Gasteiger partial charge in [-0.3, -0.25) is 9.59 Å². The number of nitrogens with one attached hydrogen (secondary N) is 1. The number of amides is 1. The number of hydrogen-bond acceptors (Lipinski definition) is 5. The second kappa shape index (κ2) is 9.60. The maximum atomic E-state index is 13.4. The summed E-state index contributed by atoms with van der Waals surface area (Å²) in [5.74, 6) is -3.76. The lowest BCUT2D eigenvalue weighted by Gasteiger charge is -2.27. The van der Waals surface area contributed by atoms with Crippen LogP contribution in [0.2, 0.25) is 0 Å². The minimum atomic E-state index is -0.978. The Morgan fingerprint density at radius 3 is 2.32 bits per heavy atom. The first-order valence-electron chi connectivity index (χ1n) is 10.3. The third-order valence-electron chi connectivity index (χ3n) is 5.42. The van der Waals surface area contributed by atoms with Gasteiger partial charge < -0.3 is 15.2 Å². The van der Waals surface area contributed by atoms with E-state index in [0.717, 1.165) is 17.7 Å². The lowest BCUT2D eigenvalue weighted by Crippen LogP contribution is -2.36. The molecule has 2 atom stereocenters. The number of carbonyl (C=O) groups is 3. The highest BCUT2D eigenvalue weighted by Gasteiger charge is 2.37. The van der Waals surface area contributed by atoms with Gasteiger partial charge in [-0.15, -0.1) is 11.3 Å². The number of ether oxygens (including phenoxy) is 1. The average molecular weight is 448 g/mol. The van der Waals surface area contributed by atoms with Crippen LogP contribution in [0.15, 0.2) is 24.3 Å². The molecular weight excluding hydrogens is 421 g/mol. The number of halogens is 1. The molecule has 1 aliphatic carbocycles. The van der Waals surface area contributed by atoms with Crippen LogP contribution in [0.5, 0.6) is 0 Å². The minimum Gasteiger partial charge on any atom is -0.481 e. The predicted molar refractivity (Wildman–Crippen MR) is 117 cm³/mol. The Morgan fingerprint density at radius 1 is 1.13 bits per heavy atom. The third kappa shape index (κ3) is 5.12. The van der Waals surface area contributed by atoms with Gasteiger partial charge in [0.1, 0.15) is 16.4 Å². The normalized spacial score (nSPS) is 18.6. The summed E-state index contributed by atoms with van der Waals surface area (Å²) in [4.78, 5) is 38.3. The molecule has 0 unspecified atom stereocenters. The van der Waals surface area contributed by atoms with Crippen LogP contribution in [0.25, 0.3) is 11.1 Å². The van der Waals surface area contributed by atoms with E-state index in [9.17, 15) is 23.9 Å². The Labute approximate surface area is 184 Å². The molecule has 1 aliphatic rings. The lowest BCUT2D eigenvalue weighted by molar-refractivity contribution is -0.147. The molecule has 1 aromatic carbocycles. The fourth-order valence-corrected chi connectivity index (χ4v) is 5.08. The quantitative estimate of drug-likeness (QED) is 0.590. The molecule has 8 heteroatoms. The summed E-state index contributed by atoms with van der Waals surface area (Å²) in [6.45, 7) is 5.27. The topological polar surface area (TPSA) is 92.7 Å². The Hall–Kier alpha value is -2.74. The van der Waals surface area contributed by atoms with E-state index in [-0.39, 0.29) is 11.7 Å². The summed E-state index contributed by atoms with van der Waals surface area (Å²) in [6.07, 6.45) is 2.14. The molecule has 1 saturated carbocycles. The van der Waals surface area contributed by atoms with Crippen LogP contribution in [0.1, 0.15) is 54.8 Å². The van der Waals surface area contributed by atoms with Gasteiger partial charge in [-0.2, -0.15) is 0 Å². The summed E-state index contributed by atoms with van der Waals surface area (Å²) in [5, 5.41) is 12.6. The van der Waals surface area contributed by atoms with Gasteiger partial charge in [-0.25, -0.2) is 9.18 Å². The van der Waals surface area contributed by atoms with Gasteiger partial charge in [-0.05, 0) is 51.3 Å². The second-order valence-corrected chi connectivity index (χ2v) is 9.25. The lowest BCUT2D eigenvalue weighted by atomic mass is 9.78. The van der Waals surface area contributed by atoms with E-state index in [4.69, 9.17) is 4.74 Å². The molecule has 0 aliphatic heterocycles. The Morgan fingerprint density at radius 2 is 1.74 bits per heavy atom. The van der Waals surface area contributed by atoms with Crippen molar-refractivity contribution in [3.63, 3.8) is 0 Å². The predicted octanol–water partition coefficient (Wildman–Crippen LogP) is 5.26. The van der Waals surface area contributed by atoms with Crippen LogP contribution in [0.4, 0.5) is 9.39 Å². The number of hydrogen-bond donors (Lipinski definition) is 2. The highest BCUT2D eigenvalue weighted by atomic mass is 32.1. The maximum Gasteiger partial charge on any atom is 0.342 e. The largest absolute Gasteiger partial charge is 0.481 e. The van der Waals surface area contributed by atoms with Crippen molar-refractivity contribution >= 4 is 34.2 Å². The van der Waals surface area contributed by atoms with Gasteiger partial charge in [0, 0.05) is 10.4 Å². The van der Waals surface area contributed by atoms with E-state index >= 15 is 0 Å². The van der Waals surface area contributed by atoms with Crippen LogP contribution < -0.4 is 5.32 Å². The molecule has 0 radical (unpaired) electrons. The molecule has 6 nitrogen and oxygen atoms in total. The monoisotopic (exact) mass is 447 g/mol. The number of carboxylic acids is 1. The van der Waals surface area contributed by atoms with E-state index in [1.54, 1.807) is 26.0 Å². The number of esters is 1. The standard InChI is InChI=1S/C23H26FNO5S/c1-12(2)30-23(29)19-18(14-8-10-15(24)11-9-14)13(3)31-21(19)25-20(26)16-6-4-5-7-17(16)22(27)28/h8-12,16-17H,4-7H2,1-3H3,(H,25,26)(H,27,28)/t16-,17+/m1/s1.